The molecule has 104 valence electrons. The molecule has 0 amide bonds. The van der Waals surface area contributed by atoms with Gasteiger partial charge in [0, 0.05) is 25.7 Å². The summed E-state index contributed by atoms with van der Waals surface area (Å²) < 4.78 is 12.0. The molecular formula is C15H22N2O2. The van der Waals surface area contributed by atoms with Gasteiger partial charge in [-0.1, -0.05) is 6.07 Å². The van der Waals surface area contributed by atoms with E-state index in [1.165, 1.54) is 0 Å². The van der Waals surface area contributed by atoms with Crippen LogP contribution in [0.15, 0.2) is 24.4 Å². The second-order valence-corrected chi connectivity index (χ2v) is 5.76. The van der Waals surface area contributed by atoms with Crippen LogP contribution in [0.2, 0.25) is 0 Å². The topological polar surface area (TPSA) is 34.6 Å². The largest absolute Gasteiger partial charge is 0.372 e. The lowest BCUT2D eigenvalue weighted by Gasteiger charge is -2.36. The fourth-order valence-corrected chi connectivity index (χ4v) is 2.97. The van der Waals surface area contributed by atoms with Crippen LogP contribution in [0.5, 0.6) is 0 Å². The number of ether oxygens (including phenoxy) is 2. The van der Waals surface area contributed by atoms with Gasteiger partial charge in [0.1, 0.15) is 0 Å². The average molecular weight is 262 g/mol. The monoisotopic (exact) mass is 262 g/mol. The second kappa shape index (κ2) is 5.57. The second-order valence-electron chi connectivity index (χ2n) is 5.76. The van der Waals surface area contributed by atoms with Crippen molar-refractivity contribution in [2.75, 3.05) is 26.7 Å². The Hall–Kier alpha value is -0.970. The Morgan fingerprint density at radius 1 is 1.42 bits per heavy atom. The van der Waals surface area contributed by atoms with E-state index in [9.17, 15) is 0 Å². The molecule has 4 heteroatoms. The summed E-state index contributed by atoms with van der Waals surface area (Å²) >= 11 is 0. The number of likely N-dealkylation sites (tertiary alicyclic amines) is 1. The van der Waals surface area contributed by atoms with Crippen LogP contribution in [0, 0.1) is 0 Å². The summed E-state index contributed by atoms with van der Waals surface area (Å²) in [5.41, 5.74) is 1.08. The standard InChI is InChI=1S/C15H22N2O2/c1-17-8-5-15(6-9-17)10-14(12-19-15)18-11-13-4-2-3-7-16-13/h2-4,7,14H,5-6,8-12H2,1H3. The molecule has 19 heavy (non-hydrogen) atoms. The van der Waals surface area contributed by atoms with Gasteiger partial charge in [-0.2, -0.15) is 0 Å². The van der Waals surface area contributed by atoms with Crippen LogP contribution < -0.4 is 0 Å². The van der Waals surface area contributed by atoms with E-state index in [1.54, 1.807) is 0 Å². The van der Waals surface area contributed by atoms with Crippen LogP contribution in [0.3, 0.4) is 0 Å². The number of piperidine rings is 1. The molecule has 2 aliphatic heterocycles. The summed E-state index contributed by atoms with van der Waals surface area (Å²) in [6, 6.07) is 5.92. The molecule has 1 unspecified atom stereocenters. The van der Waals surface area contributed by atoms with E-state index in [2.05, 4.69) is 16.9 Å². The number of aromatic nitrogens is 1. The average Bonchev–Trinajstić information content (AvgIpc) is 2.85. The minimum absolute atomic E-state index is 0.0846. The van der Waals surface area contributed by atoms with Crippen molar-refractivity contribution in [3.05, 3.63) is 30.1 Å². The lowest BCUT2D eigenvalue weighted by molar-refractivity contribution is -0.0416. The third-order valence-corrected chi connectivity index (χ3v) is 4.27. The van der Waals surface area contributed by atoms with E-state index in [-0.39, 0.29) is 11.7 Å². The highest BCUT2D eigenvalue weighted by Gasteiger charge is 2.42. The van der Waals surface area contributed by atoms with Crippen LogP contribution in [0.25, 0.3) is 0 Å². The molecule has 2 fully saturated rings. The van der Waals surface area contributed by atoms with Gasteiger partial charge in [0.2, 0.25) is 0 Å². The number of pyridine rings is 1. The summed E-state index contributed by atoms with van der Waals surface area (Å²) in [5, 5.41) is 0. The molecule has 2 saturated heterocycles. The Labute approximate surface area is 114 Å². The van der Waals surface area contributed by atoms with Crippen molar-refractivity contribution in [2.24, 2.45) is 0 Å². The molecule has 0 saturated carbocycles. The van der Waals surface area contributed by atoms with Crippen molar-refractivity contribution in [2.45, 2.75) is 37.6 Å². The predicted octanol–water partition coefficient (Wildman–Crippen LogP) is 1.85. The SMILES string of the molecule is CN1CCC2(CC1)CC(OCc1ccccn1)CO2. The summed E-state index contributed by atoms with van der Waals surface area (Å²) in [6.45, 7) is 3.58. The van der Waals surface area contributed by atoms with Gasteiger partial charge in [0.15, 0.2) is 0 Å². The number of hydrogen-bond donors (Lipinski definition) is 0. The molecule has 4 nitrogen and oxygen atoms in total. The van der Waals surface area contributed by atoms with Crippen molar-refractivity contribution in [3.63, 3.8) is 0 Å². The molecule has 3 rings (SSSR count). The summed E-state index contributed by atoms with van der Waals surface area (Å²) in [5.74, 6) is 0. The van der Waals surface area contributed by atoms with Gasteiger partial charge in [-0.3, -0.25) is 4.98 Å². The van der Waals surface area contributed by atoms with E-state index in [1.807, 2.05) is 24.4 Å². The van der Waals surface area contributed by atoms with Gasteiger partial charge in [-0.25, -0.2) is 0 Å². The Bertz CT molecular complexity index is 402. The van der Waals surface area contributed by atoms with Gasteiger partial charge in [0.25, 0.3) is 0 Å². The van der Waals surface area contributed by atoms with Crippen LogP contribution in [0.4, 0.5) is 0 Å². The van der Waals surface area contributed by atoms with Crippen molar-refractivity contribution in [1.29, 1.82) is 0 Å². The quantitative estimate of drug-likeness (QED) is 0.832. The predicted molar refractivity (Wildman–Crippen MR) is 72.8 cm³/mol. The molecule has 1 spiro atoms. The zero-order chi connectivity index (χ0) is 13.1. The van der Waals surface area contributed by atoms with Crippen molar-refractivity contribution >= 4 is 0 Å². The number of nitrogens with zero attached hydrogens (tertiary/aromatic N) is 2. The van der Waals surface area contributed by atoms with E-state index in [0.29, 0.717) is 6.61 Å². The molecule has 1 aromatic heterocycles. The Kier molecular flexibility index (Phi) is 3.82. The lowest BCUT2D eigenvalue weighted by Crippen LogP contribution is -2.42. The van der Waals surface area contributed by atoms with Crippen LogP contribution in [-0.2, 0) is 16.1 Å². The van der Waals surface area contributed by atoms with Crippen LogP contribution in [-0.4, -0.2) is 48.3 Å². The third kappa shape index (κ3) is 3.14. The Morgan fingerprint density at radius 3 is 3.00 bits per heavy atom. The van der Waals surface area contributed by atoms with Crippen molar-refractivity contribution < 1.29 is 9.47 Å². The van der Waals surface area contributed by atoms with Crippen LogP contribution >= 0.6 is 0 Å². The highest BCUT2D eigenvalue weighted by Crippen LogP contribution is 2.36. The van der Waals surface area contributed by atoms with Gasteiger partial charge < -0.3 is 14.4 Å². The minimum Gasteiger partial charge on any atom is -0.372 e. The minimum atomic E-state index is 0.0846. The smallest absolute Gasteiger partial charge is 0.0892 e. The van der Waals surface area contributed by atoms with Crippen molar-refractivity contribution in [3.8, 4) is 0 Å². The molecule has 0 N–H and O–H groups in total. The molecule has 3 heterocycles. The summed E-state index contributed by atoms with van der Waals surface area (Å²) in [7, 11) is 2.18. The van der Waals surface area contributed by atoms with Gasteiger partial charge in [-0.15, -0.1) is 0 Å². The molecule has 1 aromatic rings. The highest BCUT2D eigenvalue weighted by atomic mass is 16.6. The first kappa shape index (κ1) is 13.0. The highest BCUT2D eigenvalue weighted by molar-refractivity contribution is 5.02. The van der Waals surface area contributed by atoms with Gasteiger partial charge in [-0.05, 0) is 32.0 Å². The third-order valence-electron chi connectivity index (χ3n) is 4.27. The fraction of sp³-hybridized carbons (Fsp3) is 0.667. The maximum Gasteiger partial charge on any atom is 0.0892 e. The van der Waals surface area contributed by atoms with Gasteiger partial charge in [0.05, 0.1) is 30.6 Å². The molecule has 1 atom stereocenters. The first-order valence-electron chi connectivity index (χ1n) is 7.10. The molecule has 0 aromatic carbocycles. The molecule has 2 aliphatic rings. The summed E-state index contributed by atoms with van der Waals surface area (Å²) in [4.78, 5) is 6.65. The Balaban J connectivity index is 1.49. The first-order valence-corrected chi connectivity index (χ1v) is 7.10. The number of rotatable bonds is 3. The van der Waals surface area contributed by atoms with E-state index >= 15 is 0 Å². The molecule has 0 aliphatic carbocycles. The maximum atomic E-state index is 6.06. The summed E-state index contributed by atoms with van der Waals surface area (Å²) in [6.07, 6.45) is 5.33. The fourth-order valence-electron chi connectivity index (χ4n) is 2.97. The van der Waals surface area contributed by atoms with Crippen molar-refractivity contribution in [1.82, 2.24) is 9.88 Å². The Morgan fingerprint density at radius 2 is 2.26 bits per heavy atom. The molecule has 0 radical (unpaired) electrons. The van der Waals surface area contributed by atoms with E-state index in [4.69, 9.17) is 9.47 Å². The van der Waals surface area contributed by atoms with E-state index < -0.39 is 0 Å². The maximum absolute atomic E-state index is 6.06. The zero-order valence-corrected chi connectivity index (χ0v) is 11.5. The van der Waals surface area contributed by atoms with Gasteiger partial charge >= 0.3 is 0 Å². The lowest BCUT2D eigenvalue weighted by atomic mass is 9.88. The normalized spacial score (nSPS) is 26.9. The van der Waals surface area contributed by atoms with E-state index in [0.717, 1.165) is 44.7 Å². The first-order chi connectivity index (χ1) is 9.26. The number of hydrogen-bond acceptors (Lipinski definition) is 4. The van der Waals surface area contributed by atoms with Crippen LogP contribution in [0.1, 0.15) is 25.0 Å². The zero-order valence-electron chi connectivity index (χ0n) is 11.5. The molecular weight excluding hydrogens is 240 g/mol. The molecule has 0 bridgehead atoms.